The minimum atomic E-state index is 0.0801. The van der Waals surface area contributed by atoms with Crippen molar-refractivity contribution in [3.8, 4) is 0 Å². The molecule has 94 valence electrons. The summed E-state index contributed by atoms with van der Waals surface area (Å²) in [6.07, 6.45) is 1.11. The molecule has 0 spiro atoms. The van der Waals surface area contributed by atoms with Crippen molar-refractivity contribution in [2.75, 3.05) is 25.4 Å². The summed E-state index contributed by atoms with van der Waals surface area (Å²) in [4.78, 5) is 15.9. The Morgan fingerprint density at radius 3 is 3.06 bits per heavy atom. The highest BCUT2D eigenvalue weighted by Crippen LogP contribution is 2.25. The van der Waals surface area contributed by atoms with Crippen molar-refractivity contribution >= 4 is 22.9 Å². The average molecular weight is 254 g/mol. The smallest absolute Gasteiger partial charge is 0.264 e. The van der Waals surface area contributed by atoms with Gasteiger partial charge in [0.25, 0.3) is 5.91 Å². The standard InChI is InChI=1S/C12H18N2O2S/c1-3-9-7-14(4-5-16-9)12(15)11-6-10(13)8(2)17-11/h6,9H,3-5,7,13H2,1-2H3. The van der Waals surface area contributed by atoms with Crippen LogP contribution < -0.4 is 5.73 Å². The van der Waals surface area contributed by atoms with Crippen molar-refractivity contribution in [2.45, 2.75) is 26.4 Å². The summed E-state index contributed by atoms with van der Waals surface area (Å²) in [7, 11) is 0. The Bertz CT molecular complexity index is 397. The molecule has 1 aliphatic rings. The van der Waals surface area contributed by atoms with Crippen molar-refractivity contribution in [3.05, 3.63) is 15.8 Å². The van der Waals surface area contributed by atoms with Gasteiger partial charge in [0.15, 0.2) is 0 Å². The maximum absolute atomic E-state index is 12.3. The summed E-state index contributed by atoms with van der Waals surface area (Å²) in [5, 5.41) is 0. The number of nitrogen functional groups attached to an aromatic ring is 1. The Morgan fingerprint density at radius 2 is 2.47 bits per heavy atom. The van der Waals surface area contributed by atoms with E-state index in [4.69, 9.17) is 10.5 Å². The van der Waals surface area contributed by atoms with E-state index in [1.807, 2.05) is 11.8 Å². The Hall–Kier alpha value is -1.07. The van der Waals surface area contributed by atoms with E-state index in [0.29, 0.717) is 25.4 Å². The Balaban J connectivity index is 2.09. The van der Waals surface area contributed by atoms with Gasteiger partial charge in [-0.1, -0.05) is 6.92 Å². The highest BCUT2D eigenvalue weighted by molar-refractivity contribution is 7.14. The molecule has 0 radical (unpaired) electrons. The van der Waals surface area contributed by atoms with Crippen LogP contribution in [0.25, 0.3) is 0 Å². The molecule has 1 amide bonds. The van der Waals surface area contributed by atoms with Gasteiger partial charge >= 0.3 is 0 Å². The number of carbonyl (C=O) groups excluding carboxylic acids is 1. The number of nitrogens with two attached hydrogens (primary N) is 1. The second-order valence-electron chi connectivity index (χ2n) is 4.27. The molecule has 1 aromatic heterocycles. The van der Waals surface area contributed by atoms with Crippen molar-refractivity contribution in [2.24, 2.45) is 0 Å². The van der Waals surface area contributed by atoms with Gasteiger partial charge in [-0.05, 0) is 19.4 Å². The van der Waals surface area contributed by atoms with E-state index < -0.39 is 0 Å². The third-order valence-corrected chi connectivity index (χ3v) is 4.10. The van der Waals surface area contributed by atoms with Gasteiger partial charge in [0.1, 0.15) is 0 Å². The largest absolute Gasteiger partial charge is 0.398 e. The first kappa shape index (κ1) is 12.4. The van der Waals surface area contributed by atoms with Gasteiger partial charge in [0.2, 0.25) is 0 Å². The third-order valence-electron chi connectivity index (χ3n) is 3.05. The molecule has 5 heteroatoms. The van der Waals surface area contributed by atoms with Crippen molar-refractivity contribution in [3.63, 3.8) is 0 Å². The molecule has 1 fully saturated rings. The lowest BCUT2D eigenvalue weighted by Gasteiger charge is -2.32. The second-order valence-corrected chi connectivity index (χ2v) is 5.53. The lowest BCUT2D eigenvalue weighted by Crippen LogP contribution is -2.45. The zero-order valence-corrected chi connectivity index (χ0v) is 11.0. The number of aryl methyl sites for hydroxylation is 1. The van der Waals surface area contributed by atoms with Crippen LogP contribution in [0.1, 0.15) is 27.9 Å². The number of ether oxygens (including phenoxy) is 1. The minimum absolute atomic E-state index is 0.0801. The highest BCUT2D eigenvalue weighted by atomic mass is 32.1. The SMILES string of the molecule is CCC1CN(C(=O)c2cc(N)c(C)s2)CCO1. The fraction of sp³-hybridized carbons (Fsp3) is 0.583. The van der Waals surface area contributed by atoms with Gasteiger partial charge < -0.3 is 15.4 Å². The van der Waals surface area contributed by atoms with Crippen molar-refractivity contribution < 1.29 is 9.53 Å². The zero-order chi connectivity index (χ0) is 12.4. The van der Waals surface area contributed by atoms with Crippen LogP contribution in [-0.2, 0) is 4.74 Å². The highest BCUT2D eigenvalue weighted by Gasteiger charge is 2.25. The number of amides is 1. The number of hydrogen-bond acceptors (Lipinski definition) is 4. The van der Waals surface area contributed by atoms with Crippen LogP contribution in [0.15, 0.2) is 6.07 Å². The predicted molar refractivity (Wildman–Crippen MR) is 69.4 cm³/mol. The van der Waals surface area contributed by atoms with Crippen molar-refractivity contribution in [1.82, 2.24) is 4.90 Å². The molecule has 17 heavy (non-hydrogen) atoms. The fourth-order valence-electron chi connectivity index (χ4n) is 1.91. The molecule has 1 atom stereocenters. The second kappa shape index (κ2) is 5.06. The van der Waals surface area contributed by atoms with Gasteiger partial charge in [-0.2, -0.15) is 0 Å². The molecule has 2 rings (SSSR count). The number of nitrogens with zero attached hydrogens (tertiary/aromatic N) is 1. The lowest BCUT2D eigenvalue weighted by molar-refractivity contribution is -0.0224. The van der Waals surface area contributed by atoms with Gasteiger partial charge in [-0.3, -0.25) is 4.79 Å². The van der Waals surface area contributed by atoms with Gasteiger partial charge in [-0.25, -0.2) is 0 Å². The minimum Gasteiger partial charge on any atom is -0.398 e. The molecule has 2 heterocycles. The normalized spacial score (nSPS) is 20.6. The van der Waals surface area contributed by atoms with E-state index in [9.17, 15) is 4.79 Å². The van der Waals surface area contributed by atoms with Crippen molar-refractivity contribution in [1.29, 1.82) is 0 Å². The van der Waals surface area contributed by atoms with E-state index in [-0.39, 0.29) is 12.0 Å². The zero-order valence-electron chi connectivity index (χ0n) is 10.2. The first-order valence-corrected chi connectivity index (χ1v) is 6.70. The molecule has 0 bridgehead atoms. The van der Waals surface area contributed by atoms with Crippen LogP contribution in [-0.4, -0.2) is 36.6 Å². The average Bonchev–Trinajstić information content (AvgIpc) is 2.69. The van der Waals surface area contributed by atoms with Crippen LogP contribution >= 0.6 is 11.3 Å². The Morgan fingerprint density at radius 1 is 1.71 bits per heavy atom. The van der Waals surface area contributed by atoms with E-state index in [0.717, 1.165) is 16.2 Å². The number of thiophene rings is 1. The van der Waals surface area contributed by atoms with Gasteiger partial charge in [-0.15, -0.1) is 11.3 Å². The number of morpholine rings is 1. The molecule has 2 N–H and O–H groups in total. The molecular weight excluding hydrogens is 236 g/mol. The Kier molecular flexibility index (Phi) is 3.69. The van der Waals surface area contributed by atoms with Crippen LogP contribution in [0, 0.1) is 6.92 Å². The molecule has 1 saturated heterocycles. The third kappa shape index (κ3) is 2.61. The molecule has 1 unspecified atom stereocenters. The maximum Gasteiger partial charge on any atom is 0.264 e. The summed E-state index contributed by atoms with van der Waals surface area (Å²) >= 11 is 1.47. The molecule has 1 aromatic rings. The summed E-state index contributed by atoms with van der Waals surface area (Å²) in [5.74, 6) is 0.0801. The summed E-state index contributed by atoms with van der Waals surface area (Å²) in [6, 6.07) is 1.78. The lowest BCUT2D eigenvalue weighted by atomic mass is 10.2. The topological polar surface area (TPSA) is 55.6 Å². The number of anilines is 1. The molecule has 0 aromatic carbocycles. The quantitative estimate of drug-likeness (QED) is 0.877. The fourth-order valence-corrected chi connectivity index (χ4v) is 2.82. The van der Waals surface area contributed by atoms with E-state index >= 15 is 0 Å². The molecule has 4 nitrogen and oxygen atoms in total. The Labute approximate surface area is 105 Å². The molecule has 0 aliphatic carbocycles. The van der Waals surface area contributed by atoms with Gasteiger partial charge in [0, 0.05) is 23.7 Å². The van der Waals surface area contributed by atoms with Crippen LogP contribution in [0.2, 0.25) is 0 Å². The monoisotopic (exact) mass is 254 g/mol. The van der Waals surface area contributed by atoms with Crippen LogP contribution in [0.4, 0.5) is 5.69 Å². The molecule has 0 saturated carbocycles. The van der Waals surface area contributed by atoms with E-state index in [1.54, 1.807) is 6.07 Å². The van der Waals surface area contributed by atoms with E-state index in [1.165, 1.54) is 11.3 Å². The molecule has 1 aliphatic heterocycles. The van der Waals surface area contributed by atoms with Crippen LogP contribution in [0.5, 0.6) is 0 Å². The predicted octanol–water partition coefficient (Wildman–Crippen LogP) is 1.89. The maximum atomic E-state index is 12.3. The molecular formula is C12H18N2O2S. The summed E-state index contributed by atoms with van der Waals surface area (Å²) in [6.45, 7) is 6.00. The first-order chi connectivity index (χ1) is 8.11. The first-order valence-electron chi connectivity index (χ1n) is 5.88. The summed E-state index contributed by atoms with van der Waals surface area (Å²) < 4.78 is 5.56. The number of carbonyl (C=O) groups is 1. The number of hydrogen-bond donors (Lipinski definition) is 1. The summed E-state index contributed by atoms with van der Waals surface area (Å²) in [5.41, 5.74) is 6.48. The number of rotatable bonds is 2. The van der Waals surface area contributed by atoms with Crippen LogP contribution in [0.3, 0.4) is 0 Å². The van der Waals surface area contributed by atoms with Gasteiger partial charge in [0.05, 0.1) is 17.6 Å². The van der Waals surface area contributed by atoms with E-state index in [2.05, 4.69) is 6.92 Å².